The van der Waals surface area contributed by atoms with Gasteiger partial charge in [-0.2, -0.15) is 9.40 Å². The van der Waals surface area contributed by atoms with Gasteiger partial charge in [0.2, 0.25) is 10.0 Å². The summed E-state index contributed by atoms with van der Waals surface area (Å²) in [6.45, 7) is 0.224. The normalized spacial score (nSPS) is 14.1. The van der Waals surface area contributed by atoms with Crippen molar-refractivity contribution in [1.29, 1.82) is 0 Å². The standard InChI is InChI=1S/C26H22FN5O4S/c1-31(16-18-7-3-2-4-8-18)37(34,35)26-15-28-22(14-25(26)33)23-13-24(21-11-12-36-30-21)32(29-23)17-19-9-5-6-10-20(19)27/h2-13,15H,14,16-17H2,1H3. The summed E-state index contributed by atoms with van der Waals surface area (Å²) in [5, 5.41) is 8.48. The van der Waals surface area contributed by atoms with Crippen LogP contribution in [0.4, 0.5) is 4.39 Å². The summed E-state index contributed by atoms with van der Waals surface area (Å²) in [6, 6.07) is 18.7. The van der Waals surface area contributed by atoms with Gasteiger partial charge in [0, 0.05) is 25.2 Å². The molecule has 0 radical (unpaired) electrons. The zero-order chi connectivity index (χ0) is 26.0. The van der Waals surface area contributed by atoms with E-state index in [4.69, 9.17) is 4.52 Å². The third-order valence-electron chi connectivity index (χ3n) is 5.93. The molecule has 0 atom stereocenters. The number of aromatic nitrogens is 3. The Hall–Kier alpha value is -4.22. The number of nitrogens with zero attached hydrogens (tertiary/aromatic N) is 5. The van der Waals surface area contributed by atoms with E-state index in [0.717, 1.165) is 16.1 Å². The smallest absolute Gasteiger partial charge is 0.248 e. The monoisotopic (exact) mass is 519 g/mol. The fraction of sp³-hybridized carbons (Fsp3) is 0.154. The summed E-state index contributed by atoms with van der Waals surface area (Å²) < 4.78 is 48.1. The fourth-order valence-electron chi connectivity index (χ4n) is 3.97. The lowest BCUT2D eigenvalue weighted by Crippen LogP contribution is -2.32. The molecule has 0 amide bonds. The van der Waals surface area contributed by atoms with Crippen molar-refractivity contribution in [2.24, 2.45) is 4.99 Å². The molecule has 2 aromatic carbocycles. The number of aliphatic imine (C=N–C) groups is 1. The molecular formula is C26H22FN5O4S. The first-order valence-corrected chi connectivity index (χ1v) is 12.8. The summed E-state index contributed by atoms with van der Waals surface area (Å²) in [6.07, 6.45) is 2.23. The molecule has 3 heterocycles. The summed E-state index contributed by atoms with van der Waals surface area (Å²) in [7, 11) is -2.63. The minimum absolute atomic E-state index is 0.107. The van der Waals surface area contributed by atoms with E-state index in [2.05, 4.69) is 15.2 Å². The van der Waals surface area contributed by atoms with Crippen LogP contribution in [0.1, 0.15) is 23.2 Å². The maximum absolute atomic E-state index is 14.3. The van der Waals surface area contributed by atoms with Crippen molar-refractivity contribution in [3.63, 3.8) is 0 Å². The Kier molecular flexibility index (Phi) is 6.64. The van der Waals surface area contributed by atoms with Crippen LogP contribution < -0.4 is 0 Å². The average molecular weight is 520 g/mol. The molecular weight excluding hydrogens is 497 g/mol. The van der Waals surface area contributed by atoms with Crippen LogP contribution in [0.25, 0.3) is 11.4 Å². The Morgan fingerprint density at radius 2 is 1.81 bits per heavy atom. The van der Waals surface area contributed by atoms with Crippen LogP contribution in [-0.2, 0) is 27.9 Å². The maximum Gasteiger partial charge on any atom is 0.248 e. The van der Waals surface area contributed by atoms with Crippen LogP contribution in [0.15, 0.2) is 93.6 Å². The van der Waals surface area contributed by atoms with E-state index in [1.54, 1.807) is 35.0 Å². The number of allylic oxidation sites excluding steroid dienone is 1. The lowest BCUT2D eigenvalue weighted by molar-refractivity contribution is -0.114. The largest absolute Gasteiger partial charge is 0.364 e. The number of benzene rings is 2. The Bertz CT molecular complexity index is 1610. The van der Waals surface area contributed by atoms with Crippen molar-refractivity contribution in [2.45, 2.75) is 19.5 Å². The third kappa shape index (κ3) is 5.04. The Morgan fingerprint density at radius 1 is 1.05 bits per heavy atom. The molecule has 4 aromatic rings. The molecule has 1 aliphatic heterocycles. The second kappa shape index (κ2) is 10.0. The van der Waals surface area contributed by atoms with Crippen LogP contribution in [0.3, 0.4) is 0 Å². The van der Waals surface area contributed by atoms with E-state index in [1.165, 1.54) is 19.4 Å². The van der Waals surface area contributed by atoms with Gasteiger partial charge >= 0.3 is 0 Å². The van der Waals surface area contributed by atoms with Crippen molar-refractivity contribution in [1.82, 2.24) is 19.2 Å². The van der Waals surface area contributed by atoms with E-state index < -0.39 is 15.8 Å². The van der Waals surface area contributed by atoms with Crippen LogP contribution in [0.5, 0.6) is 0 Å². The van der Waals surface area contributed by atoms with Gasteiger partial charge in [0.15, 0.2) is 5.78 Å². The first-order chi connectivity index (χ1) is 17.8. The predicted octanol–water partition coefficient (Wildman–Crippen LogP) is 3.79. The quantitative estimate of drug-likeness (QED) is 0.350. The number of Topliss-reactive ketones (excluding diaryl/α,β-unsaturated/α-hetero) is 1. The molecule has 1 aliphatic rings. The number of hydrogen-bond acceptors (Lipinski definition) is 7. The van der Waals surface area contributed by atoms with Crippen molar-refractivity contribution >= 4 is 21.5 Å². The van der Waals surface area contributed by atoms with Gasteiger partial charge in [-0.15, -0.1) is 0 Å². The molecule has 0 aliphatic carbocycles. The van der Waals surface area contributed by atoms with Crippen LogP contribution in [0.2, 0.25) is 0 Å². The van der Waals surface area contributed by atoms with Gasteiger partial charge < -0.3 is 4.52 Å². The molecule has 0 fully saturated rings. The molecule has 0 saturated carbocycles. The van der Waals surface area contributed by atoms with Crippen molar-refractivity contribution in [3.8, 4) is 11.4 Å². The van der Waals surface area contributed by atoms with Crippen LogP contribution >= 0.6 is 0 Å². The molecule has 11 heteroatoms. The minimum Gasteiger partial charge on any atom is -0.364 e. The topological polar surface area (TPSA) is 111 Å². The highest BCUT2D eigenvalue weighted by Crippen LogP contribution is 2.25. The molecule has 0 N–H and O–H groups in total. The van der Waals surface area contributed by atoms with E-state index in [0.29, 0.717) is 28.4 Å². The molecule has 5 rings (SSSR count). The lowest BCUT2D eigenvalue weighted by atomic mass is 10.1. The summed E-state index contributed by atoms with van der Waals surface area (Å²) in [5.74, 6) is -0.968. The highest BCUT2D eigenvalue weighted by atomic mass is 32.2. The Morgan fingerprint density at radius 3 is 2.51 bits per heavy atom. The predicted molar refractivity (Wildman–Crippen MR) is 134 cm³/mol. The minimum atomic E-state index is -4.05. The van der Waals surface area contributed by atoms with Crippen LogP contribution in [0, 0.1) is 5.82 Å². The van der Waals surface area contributed by atoms with E-state index >= 15 is 0 Å². The summed E-state index contributed by atoms with van der Waals surface area (Å²) >= 11 is 0. The molecule has 0 spiro atoms. The Labute approximate surface area is 212 Å². The van der Waals surface area contributed by atoms with Gasteiger partial charge in [-0.05, 0) is 17.7 Å². The van der Waals surface area contributed by atoms with Gasteiger partial charge in [0.25, 0.3) is 0 Å². The van der Waals surface area contributed by atoms with Gasteiger partial charge in [-0.1, -0.05) is 53.7 Å². The van der Waals surface area contributed by atoms with E-state index in [-0.39, 0.29) is 30.2 Å². The van der Waals surface area contributed by atoms with Gasteiger partial charge in [0.1, 0.15) is 28.4 Å². The first kappa shape index (κ1) is 24.5. The lowest BCUT2D eigenvalue weighted by Gasteiger charge is -2.20. The van der Waals surface area contributed by atoms with E-state index in [9.17, 15) is 17.6 Å². The van der Waals surface area contributed by atoms with Crippen molar-refractivity contribution in [2.75, 3.05) is 7.05 Å². The number of hydrogen-bond donors (Lipinski definition) is 0. The number of sulfonamides is 1. The second-order valence-electron chi connectivity index (χ2n) is 8.46. The zero-order valence-corrected chi connectivity index (χ0v) is 20.6. The fourth-order valence-corrected chi connectivity index (χ4v) is 5.17. The maximum atomic E-state index is 14.3. The third-order valence-corrected chi connectivity index (χ3v) is 7.77. The zero-order valence-electron chi connectivity index (χ0n) is 19.8. The van der Waals surface area contributed by atoms with Gasteiger partial charge in [0.05, 0.1) is 30.6 Å². The number of carbonyl (C=O) groups is 1. The van der Waals surface area contributed by atoms with Gasteiger partial charge in [-0.25, -0.2) is 12.8 Å². The average Bonchev–Trinajstić information content (AvgIpc) is 3.56. The highest BCUT2D eigenvalue weighted by molar-refractivity contribution is 7.94. The first-order valence-electron chi connectivity index (χ1n) is 11.4. The Balaban J connectivity index is 1.45. The molecule has 37 heavy (non-hydrogen) atoms. The number of rotatable bonds is 8. The number of ketones is 1. The van der Waals surface area contributed by atoms with E-state index in [1.807, 2.05) is 30.3 Å². The summed E-state index contributed by atoms with van der Waals surface area (Å²) in [4.78, 5) is 16.9. The molecule has 188 valence electrons. The molecule has 9 nitrogen and oxygen atoms in total. The molecule has 2 aromatic heterocycles. The summed E-state index contributed by atoms with van der Waals surface area (Å²) in [5.41, 5.74) is 2.87. The second-order valence-corrected chi connectivity index (χ2v) is 10.5. The molecule has 0 bridgehead atoms. The van der Waals surface area contributed by atoms with Crippen LogP contribution in [-0.4, -0.2) is 46.2 Å². The number of halogens is 1. The highest BCUT2D eigenvalue weighted by Gasteiger charge is 2.33. The molecule has 0 unspecified atom stereocenters. The van der Waals surface area contributed by atoms with Crippen molar-refractivity contribution < 1.29 is 22.1 Å². The SMILES string of the molecule is CN(Cc1ccccc1)S(=O)(=O)C1=CN=C(c2cc(-c3ccon3)n(Cc3ccccc3F)n2)CC1=O. The number of carbonyl (C=O) groups excluding carboxylic acids is 1. The van der Waals surface area contributed by atoms with Gasteiger partial charge in [-0.3, -0.25) is 14.5 Å². The molecule has 0 saturated heterocycles. The van der Waals surface area contributed by atoms with Crippen molar-refractivity contribution in [3.05, 3.63) is 107 Å².